The summed E-state index contributed by atoms with van der Waals surface area (Å²) < 4.78 is 10.9. The van der Waals surface area contributed by atoms with Crippen molar-refractivity contribution in [2.24, 2.45) is 0 Å². The van der Waals surface area contributed by atoms with Crippen molar-refractivity contribution in [2.75, 3.05) is 24.9 Å². The number of hydrogen-bond acceptors (Lipinski definition) is 6. The maximum absolute atomic E-state index is 13.7. The molecule has 1 atom stereocenters. The Hall–Kier alpha value is -5.80. The Morgan fingerprint density at radius 1 is 0.714 bits per heavy atom. The van der Waals surface area contributed by atoms with Gasteiger partial charge in [0.2, 0.25) is 5.91 Å². The monoisotopic (exact) mass is 671 g/mol. The number of thioether (sulfide) groups is 1. The van der Waals surface area contributed by atoms with Gasteiger partial charge in [-0.25, -0.2) is 0 Å². The van der Waals surface area contributed by atoms with Gasteiger partial charge in [-0.1, -0.05) is 66.7 Å². The molecule has 5 aromatic rings. The van der Waals surface area contributed by atoms with E-state index in [2.05, 4.69) is 16.0 Å². The molecule has 0 aromatic heterocycles. The zero-order chi connectivity index (χ0) is 34.8. The number of para-hydroxylation sites is 1. The lowest BCUT2D eigenvalue weighted by Crippen LogP contribution is -2.30. The summed E-state index contributed by atoms with van der Waals surface area (Å²) in [6, 6.07) is 36.6. The molecule has 9 heteroatoms. The summed E-state index contributed by atoms with van der Waals surface area (Å²) in [6.45, 7) is 3.95. The number of anilines is 2. The molecule has 0 fully saturated rings. The highest BCUT2D eigenvalue weighted by molar-refractivity contribution is 8.00. The van der Waals surface area contributed by atoms with Crippen LogP contribution in [0.3, 0.4) is 0 Å². The van der Waals surface area contributed by atoms with Crippen molar-refractivity contribution in [3.8, 4) is 11.5 Å². The van der Waals surface area contributed by atoms with E-state index in [1.807, 2.05) is 80.6 Å². The van der Waals surface area contributed by atoms with E-state index in [1.165, 1.54) is 18.9 Å². The Balaban J connectivity index is 1.37. The van der Waals surface area contributed by atoms with E-state index < -0.39 is 17.1 Å². The van der Waals surface area contributed by atoms with Crippen LogP contribution in [0.5, 0.6) is 11.5 Å². The highest BCUT2D eigenvalue weighted by atomic mass is 32.2. The van der Waals surface area contributed by atoms with Crippen molar-refractivity contribution in [1.82, 2.24) is 5.32 Å². The second-order valence-electron chi connectivity index (χ2n) is 11.1. The van der Waals surface area contributed by atoms with Crippen LogP contribution in [-0.2, 0) is 9.59 Å². The van der Waals surface area contributed by atoms with Gasteiger partial charge in [0.15, 0.2) is 0 Å². The van der Waals surface area contributed by atoms with Crippen molar-refractivity contribution in [2.45, 2.75) is 24.0 Å². The maximum atomic E-state index is 13.7. The predicted molar refractivity (Wildman–Crippen MR) is 196 cm³/mol. The molecule has 0 heterocycles. The van der Waals surface area contributed by atoms with E-state index in [0.29, 0.717) is 28.3 Å². The topological polar surface area (TPSA) is 106 Å². The molecule has 3 amide bonds. The number of amides is 3. The third-order valence-corrected chi connectivity index (χ3v) is 8.97. The molecule has 0 aliphatic carbocycles. The largest absolute Gasteiger partial charge is 0.497 e. The van der Waals surface area contributed by atoms with Crippen LogP contribution in [0, 0.1) is 13.8 Å². The molecule has 0 aliphatic rings. The van der Waals surface area contributed by atoms with E-state index in [1.54, 1.807) is 67.8 Å². The number of benzene rings is 5. The number of carbonyl (C=O) groups is 3. The third-order valence-electron chi connectivity index (χ3n) is 7.70. The number of carbonyl (C=O) groups excluding carboxylic acids is 3. The Morgan fingerprint density at radius 2 is 1.37 bits per heavy atom. The molecule has 0 saturated heterocycles. The standard InChI is InChI=1S/C40H37N3O5S/c1-26-12-11-13-27(2)36(26)43-40(46)37(28-14-7-5-8-15-28)49-33-21-18-31(19-22-33)41-39(45)34(42-38(44)29-16-9-6-10-17-29)25-30-24-32(47-3)20-23-35(30)48-4/h5-25,37H,1-4H3,(H,41,45)(H,42,44)(H,43,46)/b34-25-. The summed E-state index contributed by atoms with van der Waals surface area (Å²) in [5, 5.41) is 8.24. The van der Waals surface area contributed by atoms with Crippen LogP contribution in [0.1, 0.15) is 37.9 Å². The van der Waals surface area contributed by atoms with E-state index in [-0.39, 0.29) is 11.6 Å². The lowest BCUT2D eigenvalue weighted by atomic mass is 10.1. The Labute approximate surface area is 290 Å². The SMILES string of the molecule is COc1ccc(OC)c(/C=C(\NC(=O)c2ccccc2)C(=O)Nc2ccc(SC(C(=O)Nc3c(C)cccc3C)c3ccccc3)cc2)c1. The number of aryl methyl sites for hydroxylation is 2. The molecule has 0 radical (unpaired) electrons. The van der Waals surface area contributed by atoms with Gasteiger partial charge in [-0.2, -0.15) is 0 Å². The van der Waals surface area contributed by atoms with Gasteiger partial charge in [0.05, 0.1) is 14.2 Å². The van der Waals surface area contributed by atoms with Gasteiger partial charge in [0.25, 0.3) is 11.8 Å². The molecule has 0 aliphatic heterocycles. The molecule has 3 N–H and O–H groups in total. The van der Waals surface area contributed by atoms with Crippen LogP contribution in [0.15, 0.2) is 132 Å². The van der Waals surface area contributed by atoms with Crippen LogP contribution in [0.2, 0.25) is 0 Å². The average molecular weight is 672 g/mol. The van der Waals surface area contributed by atoms with E-state index >= 15 is 0 Å². The minimum atomic E-state index is -0.537. The lowest BCUT2D eigenvalue weighted by Gasteiger charge is -2.19. The molecule has 49 heavy (non-hydrogen) atoms. The van der Waals surface area contributed by atoms with Gasteiger partial charge in [-0.15, -0.1) is 11.8 Å². The van der Waals surface area contributed by atoms with Crippen LogP contribution in [0.4, 0.5) is 11.4 Å². The van der Waals surface area contributed by atoms with Crippen molar-refractivity contribution >= 4 is 46.9 Å². The van der Waals surface area contributed by atoms with Gasteiger partial charge in [-0.05, 0) is 91.2 Å². The molecular weight excluding hydrogens is 635 g/mol. The molecule has 5 rings (SSSR count). The second kappa shape index (κ2) is 16.3. The van der Waals surface area contributed by atoms with Crippen LogP contribution in [-0.4, -0.2) is 31.9 Å². The summed E-state index contributed by atoms with van der Waals surface area (Å²) >= 11 is 1.41. The third kappa shape index (κ3) is 8.97. The predicted octanol–water partition coefficient (Wildman–Crippen LogP) is 8.20. The minimum absolute atomic E-state index is 0.00571. The normalized spacial score (nSPS) is 11.6. The first-order chi connectivity index (χ1) is 23.7. The average Bonchev–Trinajstić information content (AvgIpc) is 3.13. The highest BCUT2D eigenvalue weighted by Crippen LogP contribution is 2.37. The first kappa shape index (κ1) is 34.5. The quantitative estimate of drug-likeness (QED) is 0.0913. The molecule has 0 saturated carbocycles. The van der Waals surface area contributed by atoms with Crippen molar-refractivity contribution < 1.29 is 23.9 Å². The van der Waals surface area contributed by atoms with Gasteiger partial charge in [0, 0.05) is 27.4 Å². The zero-order valence-corrected chi connectivity index (χ0v) is 28.5. The fraction of sp³-hybridized carbons (Fsp3) is 0.125. The highest BCUT2D eigenvalue weighted by Gasteiger charge is 2.23. The molecular formula is C40H37N3O5S. The smallest absolute Gasteiger partial charge is 0.272 e. The molecule has 8 nitrogen and oxygen atoms in total. The number of ether oxygens (including phenoxy) is 2. The number of hydrogen-bond donors (Lipinski definition) is 3. The fourth-order valence-corrected chi connectivity index (χ4v) is 6.13. The summed E-state index contributed by atoms with van der Waals surface area (Å²) in [7, 11) is 3.07. The van der Waals surface area contributed by atoms with E-state index in [9.17, 15) is 14.4 Å². The molecule has 0 spiro atoms. The Morgan fingerprint density at radius 3 is 2.00 bits per heavy atom. The van der Waals surface area contributed by atoms with Crippen LogP contribution in [0.25, 0.3) is 6.08 Å². The van der Waals surface area contributed by atoms with Gasteiger partial charge < -0.3 is 25.4 Å². The number of nitrogens with one attached hydrogen (secondary N) is 3. The molecule has 5 aromatic carbocycles. The van der Waals surface area contributed by atoms with Gasteiger partial charge in [-0.3, -0.25) is 14.4 Å². The molecule has 0 bridgehead atoms. The van der Waals surface area contributed by atoms with Crippen molar-refractivity contribution in [3.05, 3.63) is 155 Å². The van der Waals surface area contributed by atoms with Crippen LogP contribution < -0.4 is 25.4 Å². The first-order valence-electron chi connectivity index (χ1n) is 15.6. The molecule has 248 valence electrons. The number of rotatable bonds is 12. The van der Waals surface area contributed by atoms with E-state index in [4.69, 9.17) is 9.47 Å². The summed E-state index contributed by atoms with van der Waals surface area (Å²) in [4.78, 5) is 41.3. The zero-order valence-electron chi connectivity index (χ0n) is 27.7. The molecule has 1 unspecified atom stereocenters. The Bertz CT molecular complexity index is 1940. The summed E-state index contributed by atoms with van der Waals surface area (Å²) in [5.41, 5.74) is 5.10. The van der Waals surface area contributed by atoms with Crippen molar-refractivity contribution in [3.63, 3.8) is 0 Å². The van der Waals surface area contributed by atoms with Gasteiger partial charge >= 0.3 is 0 Å². The van der Waals surface area contributed by atoms with Crippen LogP contribution >= 0.6 is 11.8 Å². The summed E-state index contributed by atoms with van der Waals surface area (Å²) in [6.07, 6.45) is 1.54. The van der Waals surface area contributed by atoms with E-state index in [0.717, 1.165) is 27.3 Å². The number of methoxy groups -OCH3 is 2. The fourth-order valence-electron chi connectivity index (χ4n) is 5.10. The minimum Gasteiger partial charge on any atom is -0.497 e. The maximum Gasteiger partial charge on any atom is 0.272 e. The van der Waals surface area contributed by atoms with Gasteiger partial charge in [0.1, 0.15) is 22.4 Å². The summed E-state index contributed by atoms with van der Waals surface area (Å²) in [5.74, 6) is -0.0591. The lowest BCUT2D eigenvalue weighted by molar-refractivity contribution is -0.116. The first-order valence-corrected chi connectivity index (χ1v) is 16.4. The van der Waals surface area contributed by atoms with Crippen molar-refractivity contribution in [1.29, 1.82) is 0 Å². The Kier molecular flexibility index (Phi) is 11.5. The second-order valence-corrected chi connectivity index (χ2v) is 12.3.